The third-order valence-corrected chi connectivity index (χ3v) is 2.25. The molecule has 5 heteroatoms. The van der Waals surface area contributed by atoms with Crippen LogP contribution < -0.4 is 5.73 Å². The molecule has 0 bridgehead atoms. The highest BCUT2D eigenvalue weighted by Crippen LogP contribution is 2.23. The minimum atomic E-state index is -1.17. The number of hydrogen-bond acceptors (Lipinski definition) is 2. The standard InChI is InChI=1S/C9H7Cl2NO2/c10-6-2-1-5(3-7(6)11)4-8(12)9(13)14/h1-4H,12H2,(H,13,14)/b8-4+. The van der Waals surface area contributed by atoms with Crippen LogP contribution >= 0.6 is 23.2 Å². The first-order valence-electron chi connectivity index (χ1n) is 3.66. The zero-order valence-corrected chi connectivity index (χ0v) is 8.51. The van der Waals surface area contributed by atoms with Gasteiger partial charge in [0, 0.05) is 0 Å². The van der Waals surface area contributed by atoms with Crippen molar-refractivity contribution in [1.82, 2.24) is 0 Å². The normalized spacial score (nSPS) is 11.4. The summed E-state index contributed by atoms with van der Waals surface area (Å²) < 4.78 is 0. The lowest BCUT2D eigenvalue weighted by Gasteiger charge is -1.98. The Balaban J connectivity index is 3.04. The zero-order valence-electron chi connectivity index (χ0n) is 7.00. The first-order valence-corrected chi connectivity index (χ1v) is 4.42. The number of carbonyl (C=O) groups is 1. The molecule has 0 spiro atoms. The highest BCUT2D eigenvalue weighted by Gasteiger charge is 2.02. The van der Waals surface area contributed by atoms with Gasteiger partial charge in [-0.15, -0.1) is 0 Å². The van der Waals surface area contributed by atoms with Gasteiger partial charge >= 0.3 is 5.97 Å². The van der Waals surface area contributed by atoms with Gasteiger partial charge in [0.1, 0.15) is 5.70 Å². The maximum atomic E-state index is 10.4. The molecule has 0 radical (unpaired) electrons. The van der Waals surface area contributed by atoms with Crippen molar-refractivity contribution in [2.45, 2.75) is 0 Å². The Kier molecular flexibility index (Phi) is 3.38. The Bertz CT molecular complexity index is 402. The number of halogens is 2. The van der Waals surface area contributed by atoms with Crippen LogP contribution in [0.4, 0.5) is 0 Å². The van der Waals surface area contributed by atoms with Crippen LogP contribution in [0.25, 0.3) is 6.08 Å². The van der Waals surface area contributed by atoms with E-state index >= 15 is 0 Å². The maximum Gasteiger partial charge on any atom is 0.351 e. The van der Waals surface area contributed by atoms with Crippen LogP contribution in [-0.4, -0.2) is 11.1 Å². The summed E-state index contributed by atoms with van der Waals surface area (Å²) in [6, 6.07) is 4.74. The van der Waals surface area contributed by atoms with E-state index in [1.807, 2.05) is 0 Å². The Hall–Kier alpha value is -1.19. The molecule has 0 fully saturated rings. The topological polar surface area (TPSA) is 63.3 Å². The van der Waals surface area contributed by atoms with Crippen LogP contribution in [0.15, 0.2) is 23.9 Å². The molecule has 0 aliphatic heterocycles. The fourth-order valence-electron chi connectivity index (χ4n) is 0.843. The van der Waals surface area contributed by atoms with Gasteiger partial charge in [-0.05, 0) is 23.8 Å². The van der Waals surface area contributed by atoms with E-state index in [-0.39, 0.29) is 5.70 Å². The quantitative estimate of drug-likeness (QED) is 0.769. The van der Waals surface area contributed by atoms with Crippen molar-refractivity contribution in [1.29, 1.82) is 0 Å². The number of carboxylic acids is 1. The second kappa shape index (κ2) is 4.35. The molecule has 0 atom stereocenters. The molecule has 0 saturated heterocycles. The van der Waals surface area contributed by atoms with E-state index in [0.717, 1.165) is 0 Å². The Morgan fingerprint density at radius 3 is 2.50 bits per heavy atom. The van der Waals surface area contributed by atoms with Crippen molar-refractivity contribution in [2.24, 2.45) is 5.73 Å². The van der Waals surface area contributed by atoms with Gasteiger partial charge in [-0.2, -0.15) is 0 Å². The summed E-state index contributed by atoms with van der Waals surface area (Å²) in [5, 5.41) is 9.29. The predicted molar refractivity (Wildman–Crippen MR) is 56.3 cm³/mol. The number of hydrogen-bond donors (Lipinski definition) is 2. The fourth-order valence-corrected chi connectivity index (χ4v) is 1.15. The molecule has 0 saturated carbocycles. The molecule has 1 rings (SSSR count). The molecule has 1 aromatic rings. The molecule has 14 heavy (non-hydrogen) atoms. The lowest BCUT2D eigenvalue weighted by molar-refractivity contribution is -0.132. The van der Waals surface area contributed by atoms with E-state index < -0.39 is 5.97 Å². The second-order valence-corrected chi connectivity index (χ2v) is 3.39. The molecule has 0 heterocycles. The van der Waals surface area contributed by atoms with E-state index in [1.165, 1.54) is 6.08 Å². The lowest BCUT2D eigenvalue weighted by Crippen LogP contribution is -2.09. The van der Waals surface area contributed by atoms with Crippen molar-refractivity contribution in [3.8, 4) is 0 Å². The summed E-state index contributed by atoms with van der Waals surface area (Å²) in [6.07, 6.45) is 1.31. The summed E-state index contributed by atoms with van der Waals surface area (Å²) in [7, 11) is 0. The average molecular weight is 232 g/mol. The lowest BCUT2D eigenvalue weighted by atomic mass is 10.2. The molecule has 0 aromatic heterocycles. The SMILES string of the molecule is N/C(=C/c1ccc(Cl)c(Cl)c1)C(=O)O. The Morgan fingerprint density at radius 2 is 2.00 bits per heavy atom. The molecular weight excluding hydrogens is 225 g/mol. The number of aliphatic carboxylic acids is 1. The van der Waals surface area contributed by atoms with E-state index in [1.54, 1.807) is 18.2 Å². The average Bonchev–Trinajstić information content (AvgIpc) is 2.11. The van der Waals surface area contributed by atoms with Crippen LogP contribution in [0.3, 0.4) is 0 Å². The van der Waals surface area contributed by atoms with Gasteiger partial charge in [-0.25, -0.2) is 4.79 Å². The molecular formula is C9H7Cl2NO2. The van der Waals surface area contributed by atoms with Crippen molar-refractivity contribution in [3.05, 3.63) is 39.5 Å². The summed E-state index contributed by atoms with van der Waals surface area (Å²) in [4.78, 5) is 10.4. The van der Waals surface area contributed by atoms with E-state index in [2.05, 4.69) is 0 Å². The first-order chi connectivity index (χ1) is 6.50. The third-order valence-electron chi connectivity index (χ3n) is 1.51. The van der Waals surface area contributed by atoms with Gasteiger partial charge in [0.05, 0.1) is 10.0 Å². The highest BCUT2D eigenvalue weighted by atomic mass is 35.5. The van der Waals surface area contributed by atoms with Crippen LogP contribution in [0.1, 0.15) is 5.56 Å². The van der Waals surface area contributed by atoms with Gasteiger partial charge in [0.15, 0.2) is 0 Å². The molecule has 0 aliphatic carbocycles. The van der Waals surface area contributed by atoms with Crippen LogP contribution in [0.5, 0.6) is 0 Å². The summed E-state index contributed by atoms with van der Waals surface area (Å²) in [6.45, 7) is 0. The molecule has 1 aromatic carbocycles. The van der Waals surface area contributed by atoms with E-state index in [0.29, 0.717) is 15.6 Å². The summed E-state index contributed by atoms with van der Waals surface area (Å²) in [5.41, 5.74) is 5.57. The van der Waals surface area contributed by atoms with Crippen molar-refractivity contribution in [2.75, 3.05) is 0 Å². The number of benzene rings is 1. The van der Waals surface area contributed by atoms with E-state index in [4.69, 9.17) is 34.0 Å². The highest BCUT2D eigenvalue weighted by molar-refractivity contribution is 6.42. The molecule has 74 valence electrons. The smallest absolute Gasteiger partial charge is 0.351 e. The van der Waals surface area contributed by atoms with Crippen molar-refractivity contribution >= 4 is 35.2 Å². The van der Waals surface area contributed by atoms with Gasteiger partial charge in [0.2, 0.25) is 0 Å². The summed E-state index contributed by atoms with van der Waals surface area (Å²) in [5.74, 6) is -1.17. The fraction of sp³-hybridized carbons (Fsp3) is 0. The van der Waals surface area contributed by atoms with Crippen LogP contribution in [0, 0.1) is 0 Å². The van der Waals surface area contributed by atoms with Crippen LogP contribution in [-0.2, 0) is 4.79 Å². The van der Waals surface area contributed by atoms with Crippen molar-refractivity contribution < 1.29 is 9.90 Å². The number of nitrogens with two attached hydrogens (primary N) is 1. The third kappa shape index (κ3) is 2.65. The molecule has 3 nitrogen and oxygen atoms in total. The number of rotatable bonds is 2. The monoisotopic (exact) mass is 231 g/mol. The molecule has 0 amide bonds. The van der Waals surface area contributed by atoms with Crippen LogP contribution in [0.2, 0.25) is 10.0 Å². The minimum Gasteiger partial charge on any atom is -0.477 e. The van der Waals surface area contributed by atoms with Gasteiger partial charge in [-0.3, -0.25) is 0 Å². The van der Waals surface area contributed by atoms with Crippen molar-refractivity contribution in [3.63, 3.8) is 0 Å². The minimum absolute atomic E-state index is 0.247. The molecule has 0 aliphatic rings. The second-order valence-electron chi connectivity index (χ2n) is 2.58. The van der Waals surface area contributed by atoms with Gasteiger partial charge in [-0.1, -0.05) is 29.3 Å². The Morgan fingerprint density at radius 1 is 1.36 bits per heavy atom. The van der Waals surface area contributed by atoms with E-state index in [9.17, 15) is 4.79 Å². The first kappa shape index (κ1) is 10.9. The van der Waals surface area contributed by atoms with Gasteiger partial charge in [0.25, 0.3) is 0 Å². The largest absolute Gasteiger partial charge is 0.477 e. The zero-order chi connectivity index (χ0) is 10.7. The maximum absolute atomic E-state index is 10.4. The van der Waals surface area contributed by atoms with Gasteiger partial charge < -0.3 is 10.8 Å². The Labute approximate surface area is 90.7 Å². The predicted octanol–water partition coefficient (Wildman–Crippen LogP) is 2.38. The number of carboxylic acid groups (broad SMARTS) is 1. The summed E-state index contributed by atoms with van der Waals surface area (Å²) >= 11 is 11.4. The molecule has 0 unspecified atom stereocenters. The molecule has 3 N–H and O–H groups in total.